The maximum absolute atomic E-state index is 5.30. The van der Waals surface area contributed by atoms with Crippen molar-refractivity contribution in [3.8, 4) is 11.5 Å². The van der Waals surface area contributed by atoms with Gasteiger partial charge in [-0.15, -0.1) is 0 Å². The molecule has 8 nitrogen and oxygen atoms in total. The molecule has 0 bridgehead atoms. The molecule has 32 heavy (non-hydrogen) atoms. The van der Waals surface area contributed by atoms with Crippen molar-refractivity contribution in [3.63, 3.8) is 0 Å². The Morgan fingerprint density at radius 3 is 1.38 bits per heavy atom. The van der Waals surface area contributed by atoms with Gasteiger partial charge in [0.15, 0.2) is 0 Å². The third kappa shape index (κ3) is 5.42. The van der Waals surface area contributed by atoms with E-state index >= 15 is 0 Å². The summed E-state index contributed by atoms with van der Waals surface area (Å²) < 4.78 is 10.6. The van der Waals surface area contributed by atoms with E-state index < -0.39 is 0 Å². The molecule has 0 atom stereocenters. The van der Waals surface area contributed by atoms with Crippen molar-refractivity contribution in [2.45, 2.75) is 6.92 Å². The van der Waals surface area contributed by atoms with Crippen LogP contribution in [0.4, 0.5) is 34.9 Å². The maximum atomic E-state index is 5.30. The van der Waals surface area contributed by atoms with Gasteiger partial charge in [0.05, 0.1) is 14.2 Å². The lowest BCUT2D eigenvalue weighted by atomic mass is 10.2. The summed E-state index contributed by atoms with van der Waals surface area (Å²) in [6.45, 7) is 2.03. The van der Waals surface area contributed by atoms with Gasteiger partial charge in [0.1, 0.15) is 11.5 Å². The van der Waals surface area contributed by atoms with Crippen molar-refractivity contribution in [1.29, 1.82) is 0 Å². The van der Waals surface area contributed by atoms with Crippen LogP contribution in [-0.2, 0) is 0 Å². The van der Waals surface area contributed by atoms with Gasteiger partial charge in [-0.25, -0.2) is 0 Å². The summed E-state index contributed by atoms with van der Waals surface area (Å²) in [6, 6.07) is 23.1. The number of benzene rings is 3. The van der Waals surface area contributed by atoms with Crippen LogP contribution in [0.1, 0.15) is 5.56 Å². The molecule has 1 heterocycles. The highest BCUT2D eigenvalue weighted by atomic mass is 16.5. The number of nitrogens with one attached hydrogen (secondary N) is 3. The second-order valence-corrected chi connectivity index (χ2v) is 7.01. The van der Waals surface area contributed by atoms with Crippen molar-refractivity contribution >= 4 is 34.9 Å². The van der Waals surface area contributed by atoms with E-state index in [1.807, 2.05) is 79.7 Å². The Balaban J connectivity index is 1.66. The van der Waals surface area contributed by atoms with Crippen LogP contribution in [0.2, 0.25) is 0 Å². The number of hydrogen-bond donors (Lipinski definition) is 3. The normalized spacial score (nSPS) is 10.3. The Hall–Kier alpha value is -4.33. The van der Waals surface area contributed by atoms with Crippen molar-refractivity contribution in [3.05, 3.63) is 78.4 Å². The molecule has 4 aromatic rings. The summed E-state index contributed by atoms with van der Waals surface area (Å²) in [5, 5.41) is 9.69. The molecule has 3 aromatic carbocycles. The number of aromatic nitrogens is 3. The molecule has 0 amide bonds. The number of rotatable bonds is 8. The molecular formula is C24H24N6O2. The molecule has 0 aliphatic rings. The van der Waals surface area contributed by atoms with Crippen molar-refractivity contribution in [1.82, 2.24) is 15.0 Å². The molecule has 4 rings (SSSR count). The third-order valence-corrected chi connectivity index (χ3v) is 4.56. The predicted molar refractivity (Wildman–Crippen MR) is 127 cm³/mol. The largest absolute Gasteiger partial charge is 0.497 e. The lowest BCUT2D eigenvalue weighted by molar-refractivity contribution is 0.415. The average Bonchev–Trinajstić information content (AvgIpc) is 2.79. The maximum Gasteiger partial charge on any atom is 0.233 e. The molecule has 0 radical (unpaired) electrons. The van der Waals surface area contributed by atoms with Gasteiger partial charge in [0.2, 0.25) is 17.8 Å². The van der Waals surface area contributed by atoms with Gasteiger partial charge in [-0.3, -0.25) is 0 Å². The minimum absolute atomic E-state index is 0.383. The summed E-state index contributed by atoms with van der Waals surface area (Å²) in [4.78, 5) is 13.6. The Morgan fingerprint density at radius 1 is 0.562 bits per heavy atom. The SMILES string of the molecule is COc1cccc(Nc2nc(Nc3cccc(C)c3)nc(Nc3cccc(OC)c3)n2)c1. The predicted octanol–water partition coefficient (Wildman–Crippen LogP) is 5.43. The first-order chi connectivity index (χ1) is 15.6. The van der Waals surface area contributed by atoms with Crippen LogP contribution in [0.15, 0.2) is 72.8 Å². The van der Waals surface area contributed by atoms with Crippen LogP contribution < -0.4 is 25.4 Å². The van der Waals surface area contributed by atoms with Crippen molar-refractivity contribution < 1.29 is 9.47 Å². The fourth-order valence-corrected chi connectivity index (χ4v) is 3.06. The topological polar surface area (TPSA) is 93.2 Å². The summed E-state index contributed by atoms with van der Waals surface area (Å²) in [5.41, 5.74) is 3.61. The first-order valence-electron chi connectivity index (χ1n) is 10.0. The Labute approximate surface area is 186 Å². The highest BCUT2D eigenvalue weighted by Gasteiger charge is 2.09. The standard InChI is InChI=1S/C24H24N6O2/c1-16-7-4-8-17(13-16)25-22-28-23(26-18-9-5-11-20(14-18)31-2)30-24(29-22)27-19-10-6-12-21(15-19)32-3/h4-15H,1-3H3,(H3,25,26,27,28,29,30). The summed E-state index contributed by atoms with van der Waals surface area (Å²) in [6.07, 6.45) is 0. The molecule has 3 N–H and O–H groups in total. The van der Waals surface area contributed by atoms with Gasteiger partial charge in [-0.2, -0.15) is 15.0 Å². The Bertz CT molecular complexity index is 1150. The molecule has 0 saturated carbocycles. The minimum atomic E-state index is 0.383. The van der Waals surface area contributed by atoms with Crippen LogP contribution in [0.3, 0.4) is 0 Å². The minimum Gasteiger partial charge on any atom is -0.497 e. The fraction of sp³-hybridized carbons (Fsp3) is 0.125. The molecule has 1 aromatic heterocycles. The van der Waals surface area contributed by atoms with Crippen LogP contribution in [0, 0.1) is 6.92 Å². The van der Waals surface area contributed by atoms with E-state index in [-0.39, 0.29) is 0 Å². The summed E-state index contributed by atoms with van der Waals surface area (Å²) in [5.74, 6) is 2.64. The number of aryl methyl sites for hydroxylation is 1. The van der Waals surface area contributed by atoms with E-state index in [4.69, 9.17) is 9.47 Å². The molecule has 0 saturated heterocycles. The van der Waals surface area contributed by atoms with Gasteiger partial charge in [0.25, 0.3) is 0 Å². The monoisotopic (exact) mass is 428 g/mol. The van der Waals surface area contributed by atoms with E-state index in [0.717, 1.165) is 34.1 Å². The zero-order chi connectivity index (χ0) is 22.3. The zero-order valence-corrected chi connectivity index (χ0v) is 18.1. The lowest BCUT2D eigenvalue weighted by Crippen LogP contribution is -2.07. The average molecular weight is 428 g/mol. The molecule has 8 heteroatoms. The second kappa shape index (κ2) is 9.65. The zero-order valence-electron chi connectivity index (χ0n) is 18.1. The second-order valence-electron chi connectivity index (χ2n) is 7.01. The fourth-order valence-electron chi connectivity index (χ4n) is 3.06. The van der Waals surface area contributed by atoms with E-state index in [1.165, 1.54) is 0 Å². The van der Waals surface area contributed by atoms with E-state index in [9.17, 15) is 0 Å². The van der Waals surface area contributed by atoms with Crippen LogP contribution in [0.5, 0.6) is 11.5 Å². The van der Waals surface area contributed by atoms with Gasteiger partial charge in [0, 0.05) is 29.2 Å². The van der Waals surface area contributed by atoms with Crippen molar-refractivity contribution in [2.75, 3.05) is 30.2 Å². The van der Waals surface area contributed by atoms with E-state index in [1.54, 1.807) is 14.2 Å². The summed E-state index contributed by atoms with van der Waals surface area (Å²) in [7, 11) is 3.25. The number of anilines is 6. The third-order valence-electron chi connectivity index (χ3n) is 4.56. The molecular weight excluding hydrogens is 404 g/mol. The van der Waals surface area contributed by atoms with Crippen LogP contribution in [0.25, 0.3) is 0 Å². The van der Waals surface area contributed by atoms with Crippen LogP contribution >= 0.6 is 0 Å². The van der Waals surface area contributed by atoms with Gasteiger partial charge in [-0.1, -0.05) is 24.3 Å². The molecule has 162 valence electrons. The van der Waals surface area contributed by atoms with Gasteiger partial charge in [-0.05, 0) is 48.9 Å². The van der Waals surface area contributed by atoms with E-state index in [0.29, 0.717) is 17.8 Å². The smallest absolute Gasteiger partial charge is 0.233 e. The summed E-state index contributed by atoms with van der Waals surface area (Å²) >= 11 is 0. The number of ether oxygens (including phenoxy) is 2. The number of methoxy groups -OCH3 is 2. The van der Waals surface area contributed by atoms with Crippen molar-refractivity contribution in [2.24, 2.45) is 0 Å². The quantitative estimate of drug-likeness (QED) is 0.342. The highest BCUT2D eigenvalue weighted by Crippen LogP contribution is 2.24. The first kappa shape index (κ1) is 20.9. The molecule has 0 fully saturated rings. The van der Waals surface area contributed by atoms with Gasteiger partial charge < -0.3 is 25.4 Å². The van der Waals surface area contributed by atoms with E-state index in [2.05, 4.69) is 30.9 Å². The van der Waals surface area contributed by atoms with Gasteiger partial charge >= 0.3 is 0 Å². The Kier molecular flexibility index (Phi) is 6.31. The molecule has 0 unspecified atom stereocenters. The molecule has 0 aliphatic carbocycles. The highest BCUT2D eigenvalue weighted by molar-refractivity contribution is 5.63. The molecule has 0 spiro atoms. The lowest BCUT2D eigenvalue weighted by Gasteiger charge is -2.12. The van der Waals surface area contributed by atoms with Crippen LogP contribution in [-0.4, -0.2) is 29.2 Å². The first-order valence-corrected chi connectivity index (χ1v) is 10.0. The number of nitrogens with zero attached hydrogens (tertiary/aromatic N) is 3. The Morgan fingerprint density at radius 2 is 0.969 bits per heavy atom. The number of hydrogen-bond acceptors (Lipinski definition) is 8. The molecule has 0 aliphatic heterocycles.